The molecule has 0 aromatic heterocycles. The van der Waals surface area contributed by atoms with Gasteiger partial charge in [0.1, 0.15) is 6.54 Å². The highest BCUT2D eigenvalue weighted by Crippen LogP contribution is 1.93. The summed E-state index contributed by atoms with van der Waals surface area (Å²) in [5, 5.41) is 6.34. The third-order valence-electron chi connectivity index (χ3n) is 2.53. The molecule has 1 amide bonds. The molecule has 112 valence electrons. The molecule has 0 aromatic rings. The van der Waals surface area contributed by atoms with Crippen LogP contribution in [0.2, 0.25) is 0 Å². The molecule has 0 aliphatic heterocycles. The van der Waals surface area contributed by atoms with Crippen molar-refractivity contribution in [1.29, 1.82) is 0 Å². The Morgan fingerprint density at radius 1 is 1.21 bits per heavy atom. The minimum Gasteiger partial charge on any atom is -0.385 e. The van der Waals surface area contributed by atoms with Crippen molar-refractivity contribution >= 4 is 11.9 Å². The van der Waals surface area contributed by atoms with Gasteiger partial charge >= 0.3 is 0 Å². The number of ether oxygens (including phenoxy) is 1. The fourth-order valence-electron chi connectivity index (χ4n) is 1.38. The fourth-order valence-corrected chi connectivity index (χ4v) is 1.38. The van der Waals surface area contributed by atoms with Gasteiger partial charge in [-0.05, 0) is 26.2 Å². The number of methoxy groups -OCH3 is 1. The van der Waals surface area contributed by atoms with E-state index in [2.05, 4.69) is 15.6 Å². The molecule has 0 spiro atoms. The second kappa shape index (κ2) is 11.8. The van der Waals surface area contributed by atoms with Gasteiger partial charge in [-0.1, -0.05) is 0 Å². The number of carbonyl (C=O) groups is 1. The van der Waals surface area contributed by atoms with E-state index in [-0.39, 0.29) is 12.5 Å². The lowest BCUT2D eigenvalue weighted by molar-refractivity contribution is -0.127. The largest absolute Gasteiger partial charge is 0.385 e. The number of unbranched alkanes of at least 4 members (excludes halogenated alkanes) is 2. The number of rotatable bonds is 9. The van der Waals surface area contributed by atoms with Crippen LogP contribution in [-0.4, -0.2) is 64.2 Å². The van der Waals surface area contributed by atoms with Crippen molar-refractivity contribution in [2.45, 2.75) is 26.2 Å². The Kier molecular flexibility index (Phi) is 11.0. The van der Waals surface area contributed by atoms with Crippen molar-refractivity contribution < 1.29 is 9.53 Å². The first kappa shape index (κ1) is 17.7. The summed E-state index contributed by atoms with van der Waals surface area (Å²) in [7, 11) is 5.18. The fraction of sp³-hybridized carbons (Fsp3) is 0.846. The Morgan fingerprint density at radius 2 is 1.95 bits per heavy atom. The molecule has 0 aliphatic rings. The van der Waals surface area contributed by atoms with E-state index in [1.807, 2.05) is 6.92 Å². The number of hydrogen-bond donors (Lipinski definition) is 2. The Hall–Kier alpha value is -1.30. The van der Waals surface area contributed by atoms with Crippen LogP contribution in [0.15, 0.2) is 4.99 Å². The summed E-state index contributed by atoms with van der Waals surface area (Å²) in [5.41, 5.74) is 0. The molecule has 0 saturated carbocycles. The lowest BCUT2D eigenvalue weighted by atomic mass is 10.2. The standard InChI is InChI=1S/C13H28N4O2/c1-5-14-13(16-11-12(18)17(2)3)15-9-7-6-8-10-19-4/h5-11H2,1-4H3,(H2,14,15,16). The Balaban J connectivity index is 3.90. The SMILES string of the molecule is CCNC(=NCC(=O)N(C)C)NCCCCCOC. The molecular formula is C13H28N4O2. The molecule has 19 heavy (non-hydrogen) atoms. The molecule has 0 atom stereocenters. The number of aliphatic imine (C=N–C) groups is 1. The summed E-state index contributed by atoms with van der Waals surface area (Å²) in [5.74, 6) is 0.696. The summed E-state index contributed by atoms with van der Waals surface area (Å²) in [4.78, 5) is 17.2. The molecule has 6 nitrogen and oxygen atoms in total. The van der Waals surface area contributed by atoms with Gasteiger partial charge in [0.25, 0.3) is 0 Å². The van der Waals surface area contributed by atoms with E-state index in [4.69, 9.17) is 4.74 Å². The molecule has 0 rings (SSSR count). The Morgan fingerprint density at radius 3 is 2.53 bits per heavy atom. The van der Waals surface area contributed by atoms with Crippen molar-refractivity contribution in [3.8, 4) is 0 Å². The maximum Gasteiger partial charge on any atom is 0.243 e. The zero-order valence-electron chi connectivity index (χ0n) is 12.7. The zero-order chi connectivity index (χ0) is 14.5. The number of nitrogens with zero attached hydrogens (tertiary/aromatic N) is 2. The maximum atomic E-state index is 11.4. The van der Waals surface area contributed by atoms with Gasteiger partial charge in [-0.3, -0.25) is 4.79 Å². The first-order chi connectivity index (χ1) is 9.11. The summed E-state index contributed by atoms with van der Waals surface area (Å²) < 4.78 is 5.00. The second-order valence-electron chi connectivity index (χ2n) is 4.46. The van der Waals surface area contributed by atoms with Crippen molar-refractivity contribution in [1.82, 2.24) is 15.5 Å². The molecular weight excluding hydrogens is 244 g/mol. The average molecular weight is 272 g/mol. The Labute approximate surface area is 116 Å². The highest BCUT2D eigenvalue weighted by atomic mass is 16.5. The summed E-state index contributed by atoms with van der Waals surface area (Å²) in [6.45, 7) is 4.62. The minimum atomic E-state index is -0.00250. The van der Waals surface area contributed by atoms with Gasteiger partial charge < -0.3 is 20.3 Å². The summed E-state index contributed by atoms with van der Waals surface area (Å²) in [6.07, 6.45) is 3.26. The van der Waals surface area contributed by atoms with Crippen molar-refractivity contribution in [2.75, 3.05) is 47.4 Å². The van der Waals surface area contributed by atoms with Crippen molar-refractivity contribution in [3.05, 3.63) is 0 Å². The first-order valence-corrected chi connectivity index (χ1v) is 6.83. The molecule has 0 bridgehead atoms. The van der Waals surface area contributed by atoms with Crippen LogP contribution in [0.1, 0.15) is 26.2 Å². The van der Waals surface area contributed by atoms with E-state index >= 15 is 0 Å². The van der Waals surface area contributed by atoms with E-state index < -0.39 is 0 Å². The number of amides is 1. The summed E-state index contributed by atoms with van der Waals surface area (Å²) >= 11 is 0. The van der Waals surface area contributed by atoms with Crippen LogP contribution in [0.25, 0.3) is 0 Å². The number of carbonyl (C=O) groups excluding carboxylic acids is 1. The topological polar surface area (TPSA) is 66.0 Å². The summed E-state index contributed by atoms with van der Waals surface area (Å²) in [6, 6.07) is 0. The lowest BCUT2D eigenvalue weighted by Crippen LogP contribution is -2.38. The van der Waals surface area contributed by atoms with Crippen LogP contribution in [0.5, 0.6) is 0 Å². The van der Waals surface area contributed by atoms with Gasteiger partial charge in [-0.2, -0.15) is 0 Å². The quantitative estimate of drug-likeness (QED) is 0.363. The van der Waals surface area contributed by atoms with Gasteiger partial charge in [-0.15, -0.1) is 0 Å². The molecule has 0 fully saturated rings. The zero-order valence-corrected chi connectivity index (χ0v) is 12.7. The van der Waals surface area contributed by atoms with E-state index in [9.17, 15) is 4.79 Å². The van der Waals surface area contributed by atoms with Crippen LogP contribution >= 0.6 is 0 Å². The molecule has 0 heterocycles. The molecule has 0 aromatic carbocycles. The van der Waals surface area contributed by atoms with Crippen molar-refractivity contribution in [3.63, 3.8) is 0 Å². The van der Waals surface area contributed by atoms with Crippen LogP contribution < -0.4 is 10.6 Å². The second-order valence-corrected chi connectivity index (χ2v) is 4.46. The van der Waals surface area contributed by atoms with Crippen LogP contribution in [0.4, 0.5) is 0 Å². The molecule has 0 radical (unpaired) electrons. The van der Waals surface area contributed by atoms with Gasteiger partial charge in [0.2, 0.25) is 5.91 Å². The number of likely N-dealkylation sites (N-methyl/N-ethyl adjacent to an activating group) is 1. The molecule has 0 aliphatic carbocycles. The number of guanidine groups is 1. The van der Waals surface area contributed by atoms with Gasteiger partial charge in [0.15, 0.2) is 5.96 Å². The predicted molar refractivity (Wildman–Crippen MR) is 78.4 cm³/mol. The highest BCUT2D eigenvalue weighted by Gasteiger charge is 2.03. The number of hydrogen-bond acceptors (Lipinski definition) is 3. The maximum absolute atomic E-state index is 11.4. The normalized spacial score (nSPS) is 11.3. The van der Waals surface area contributed by atoms with E-state index in [1.54, 1.807) is 21.2 Å². The third-order valence-corrected chi connectivity index (χ3v) is 2.53. The van der Waals surface area contributed by atoms with Gasteiger partial charge in [0.05, 0.1) is 0 Å². The molecule has 0 unspecified atom stereocenters. The van der Waals surface area contributed by atoms with Crippen LogP contribution in [0, 0.1) is 0 Å². The minimum absolute atomic E-state index is 0.00250. The van der Waals surface area contributed by atoms with Crippen molar-refractivity contribution in [2.24, 2.45) is 4.99 Å². The van der Waals surface area contributed by atoms with Gasteiger partial charge in [0, 0.05) is 40.9 Å². The molecule has 0 saturated heterocycles. The smallest absolute Gasteiger partial charge is 0.243 e. The van der Waals surface area contributed by atoms with E-state index in [0.717, 1.165) is 39.0 Å². The highest BCUT2D eigenvalue weighted by molar-refractivity contribution is 5.84. The monoisotopic (exact) mass is 272 g/mol. The third kappa shape index (κ3) is 10.3. The lowest BCUT2D eigenvalue weighted by Gasteiger charge is -2.12. The van der Waals surface area contributed by atoms with E-state index in [1.165, 1.54) is 4.90 Å². The van der Waals surface area contributed by atoms with Gasteiger partial charge in [-0.25, -0.2) is 4.99 Å². The molecule has 6 heteroatoms. The Bertz CT molecular complexity index is 267. The predicted octanol–water partition coefficient (Wildman–Crippen LogP) is 0.446. The number of nitrogens with one attached hydrogen (secondary N) is 2. The van der Waals surface area contributed by atoms with E-state index in [0.29, 0.717) is 5.96 Å². The first-order valence-electron chi connectivity index (χ1n) is 6.83. The molecule has 2 N–H and O–H groups in total. The average Bonchev–Trinajstić information content (AvgIpc) is 2.39. The van der Waals surface area contributed by atoms with Crippen LogP contribution in [-0.2, 0) is 9.53 Å². The van der Waals surface area contributed by atoms with Crippen LogP contribution in [0.3, 0.4) is 0 Å².